The lowest BCUT2D eigenvalue weighted by Crippen LogP contribution is -2.60. The fourth-order valence-corrected chi connectivity index (χ4v) is 5.88. The molecule has 0 radical (unpaired) electrons. The number of amides is 1. The van der Waals surface area contributed by atoms with Crippen LogP contribution >= 0.6 is 23.2 Å². The molecule has 0 spiro atoms. The average molecular weight is 586 g/mol. The molecule has 3 aromatic rings. The Balaban J connectivity index is 1.31. The Bertz CT molecular complexity index is 1280. The molecule has 2 fully saturated rings. The fraction of sp³-hybridized carbons (Fsp3) is 0.400. The van der Waals surface area contributed by atoms with Crippen LogP contribution in [0.15, 0.2) is 66.9 Å². The Morgan fingerprint density at radius 1 is 1.12 bits per heavy atom. The molecule has 8 nitrogen and oxygen atoms in total. The predicted octanol–water partition coefficient (Wildman–Crippen LogP) is 4.64. The lowest BCUT2D eigenvalue weighted by molar-refractivity contribution is 0.00585. The molecule has 10 heteroatoms. The van der Waals surface area contributed by atoms with Gasteiger partial charge in [-0.3, -0.25) is 14.6 Å². The zero-order valence-corrected chi connectivity index (χ0v) is 23.7. The molecule has 40 heavy (non-hydrogen) atoms. The third-order valence-corrected chi connectivity index (χ3v) is 7.98. The molecule has 2 N–H and O–H groups in total. The van der Waals surface area contributed by atoms with Crippen molar-refractivity contribution in [3.05, 3.63) is 88.0 Å². The van der Waals surface area contributed by atoms with E-state index in [-0.39, 0.29) is 36.0 Å². The van der Waals surface area contributed by atoms with Crippen LogP contribution in [0.5, 0.6) is 11.6 Å². The van der Waals surface area contributed by atoms with E-state index in [1.807, 2.05) is 30.3 Å². The van der Waals surface area contributed by atoms with Gasteiger partial charge in [-0.25, -0.2) is 4.98 Å². The van der Waals surface area contributed by atoms with Gasteiger partial charge < -0.3 is 19.9 Å². The van der Waals surface area contributed by atoms with Crippen LogP contribution in [-0.2, 0) is 11.3 Å². The summed E-state index contributed by atoms with van der Waals surface area (Å²) in [6, 6.07) is 18.3. The number of fused-ring (bicyclic) bond motifs is 1. The normalized spacial score (nSPS) is 20.2. The molecule has 2 saturated heterocycles. The number of nitrogens with one attached hydrogen (secondary N) is 1. The summed E-state index contributed by atoms with van der Waals surface area (Å²) < 4.78 is 12.0. The van der Waals surface area contributed by atoms with E-state index in [4.69, 9.17) is 32.7 Å². The van der Waals surface area contributed by atoms with Crippen molar-refractivity contribution in [3.63, 3.8) is 0 Å². The maximum Gasteiger partial charge on any atom is 0.257 e. The van der Waals surface area contributed by atoms with Gasteiger partial charge >= 0.3 is 0 Å². The van der Waals surface area contributed by atoms with Gasteiger partial charge in [-0.15, -0.1) is 0 Å². The van der Waals surface area contributed by atoms with E-state index in [1.54, 1.807) is 36.5 Å². The first-order valence-corrected chi connectivity index (χ1v) is 14.3. The Hall–Kier alpha value is -2.72. The number of pyridine rings is 1. The molecule has 3 atom stereocenters. The van der Waals surface area contributed by atoms with Gasteiger partial charge in [-0.1, -0.05) is 53.5 Å². The lowest BCUT2D eigenvalue weighted by Gasteiger charge is -2.44. The molecule has 2 aliphatic heterocycles. The Morgan fingerprint density at radius 2 is 1.98 bits per heavy atom. The van der Waals surface area contributed by atoms with Gasteiger partial charge in [-0.2, -0.15) is 0 Å². The van der Waals surface area contributed by atoms with Crippen LogP contribution in [0.4, 0.5) is 0 Å². The summed E-state index contributed by atoms with van der Waals surface area (Å²) in [6.45, 7) is 4.12. The minimum atomic E-state index is -0.332. The highest BCUT2D eigenvalue weighted by molar-refractivity contribution is 6.35. The number of benzene rings is 2. The largest absolute Gasteiger partial charge is 0.437 e. The number of piperazine rings is 1. The highest BCUT2D eigenvalue weighted by atomic mass is 35.5. The van der Waals surface area contributed by atoms with Crippen LogP contribution in [-0.4, -0.2) is 83.3 Å². The van der Waals surface area contributed by atoms with Crippen molar-refractivity contribution >= 4 is 29.1 Å². The van der Waals surface area contributed by atoms with E-state index >= 15 is 0 Å². The Morgan fingerprint density at radius 3 is 2.77 bits per heavy atom. The molecule has 2 aromatic carbocycles. The number of halogens is 2. The van der Waals surface area contributed by atoms with Crippen molar-refractivity contribution in [2.24, 2.45) is 0 Å². The van der Waals surface area contributed by atoms with E-state index in [9.17, 15) is 9.90 Å². The molecular formula is C30H34Cl2N4O4. The van der Waals surface area contributed by atoms with Gasteiger partial charge in [0.15, 0.2) is 0 Å². The van der Waals surface area contributed by atoms with E-state index in [0.717, 1.165) is 31.6 Å². The molecule has 0 bridgehead atoms. The quantitative estimate of drug-likeness (QED) is 0.339. The minimum absolute atomic E-state index is 0.00667. The third-order valence-electron chi connectivity index (χ3n) is 7.45. The number of carbonyl (C=O) groups excluding carboxylic acids is 1. The smallest absolute Gasteiger partial charge is 0.257 e. The summed E-state index contributed by atoms with van der Waals surface area (Å²) >= 11 is 12.3. The van der Waals surface area contributed by atoms with Crippen molar-refractivity contribution in [1.82, 2.24) is 20.1 Å². The van der Waals surface area contributed by atoms with E-state index in [2.05, 4.69) is 20.1 Å². The predicted molar refractivity (Wildman–Crippen MR) is 155 cm³/mol. The second-order valence-corrected chi connectivity index (χ2v) is 11.1. The van der Waals surface area contributed by atoms with Crippen LogP contribution in [0.1, 0.15) is 28.8 Å². The van der Waals surface area contributed by atoms with Gasteiger partial charge in [-0.05, 0) is 55.3 Å². The van der Waals surface area contributed by atoms with Gasteiger partial charge in [0.1, 0.15) is 11.3 Å². The van der Waals surface area contributed by atoms with Crippen molar-refractivity contribution in [2.75, 3.05) is 39.4 Å². The molecule has 5 rings (SSSR count). The van der Waals surface area contributed by atoms with Gasteiger partial charge in [0.25, 0.3) is 5.91 Å². The standard InChI is InChI=1S/C30H34Cl2N4O4/c31-22-10-11-28(27(32)14-22)40-30-26(9-4-12-33-30)29(38)34-23(20-39-19-21-6-2-1-3-7-21)15-36-16-24-8-5-13-35(24)17-25(36)18-37/h1-4,6-7,9-12,14,23-25,37H,5,8,13,15-20H2,(H,34,38). The monoisotopic (exact) mass is 584 g/mol. The summed E-state index contributed by atoms with van der Waals surface area (Å²) in [5, 5.41) is 14.1. The van der Waals surface area contributed by atoms with Gasteiger partial charge in [0.2, 0.25) is 5.88 Å². The number of aromatic nitrogens is 1. The summed E-state index contributed by atoms with van der Waals surface area (Å²) in [6.07, 6.45) is 3.89. The second kappa shape index (κ2) is 13.8. The first-order valence-electron chi connectivity index (χ1n) is 13.6. The molecule has 212 valence electrons. The van der Waals surface area contributed by atoms with Crippen molar-refractivity contribution in [3.8, 4) is 11.6 Å². The van der Waals surface area contributed by atoms with E-state index in [0.29, 0.717) is 41.6 Å². The summed E-state index contributed by atoms with van der Waals surface area (Å²) in [5.41, 5.74) is 1.34. The lowest BCUT2D eigenvalue weighted by atomic mass is 10.1. The minimum Gasteiger partial charge on any atom is -0.437 e. The number of aliphatic hydroxyl groups excluding tert-OH is 1. The summed E-state index contributed by atoms with van der Waals surface area (Å²) in [7, 11) is 0. The molecule has 3 unspecified atom stereocenters. The van der Waals surface area contributed by atoms with Crippen molar-refractivity contribution in [2.45, 2.75) is 37.6 Å². The summed E-state index contributed by atoms with van der Waals surface area (Å²) in [5.74, 6) is 0.157. The number of carbonyl (C=O) groups is 1. The number of nitrogens with zero attached hydrogens (tertiary/aromatic N) is 3. The maximum atomic E-state index is 13.6. The average Bonchev–Trinajstić information content (AvgIpc) is 3.42. The summed E-state index contributed by atoms with van der Waals surface area (Å²) in [4.78, 5) is 22.6. The number of hydrogen-bond acceptors (Lipinski definition) is 7. The number of aliphatic hydroxyl groups is 1. The van der Waals surface area contributed by atoms with Crippen LogP contribution in [0.3, 0.4) is 0 Å². The van der Waals surface area contributed by atoms with Crippen LogP contribution in [0.2, 0.25) is 10.0 Å². The Labute approximate surface area is 244 Å². The van der Waals surface area contributed by atoms with Crippen molar-refractivity contribution < 1.29 is 19.4 Å². The molecule has 0 aliphatic carbocycles. The first kappa shape index (κ1) is 28.8. The first-order chi connectivity index (χ1) is 19.5. The number of hydrogen-bond donors (Lipinski definition) is 2. The molecule has 1 aromatic heterocycles. The highest BCUT2D eigenvalue weighted by Crippen LogP contribution is 2.32. The zero-order chi connectivity index (χ0) is 27.9. The van der Waals surface area contributed by atoms with Gasteiger partial charge in [0.05, 0.1) is 30.9 Å². The zero-order valence-electron chi connectivity index (χ0n) is 22.2. The van der Waals surface area contributed by atoms with Crippen molar-refractivity contribution in [1.29, 1.82) is 0 Å². The van der Waals surface area contributed by atoms with E-state index < -0.39 is 0 Å². The number of rotatable bonds is 11. The van der Waals surface area contributed by atoms with Crippen LogP contribution < -0.4 is 10.1 Å². The van der Waals surface area contributed by atoms with E-state index in [1.165, 1.54) is 6.42 Å². The maximum absolute atomic E-state index is 13.6. The number of ether oxygens (including phenoxy) is 2. The molecule has 1 amide bonds. The fourth-order valence-electron chi connectivity index (χ4n) is 5.43. The molecule has 0 saturated carbocycles. The second-order valence-electron chi connectivity index (χ2n) is 10.3. The highest BCUT2D eigenvalue weighted by Gasteiger charge is 2.37. The van der Waals surface area contributed by atoms with Gasteiger partial charge in [0, 0.05) is 42.9 Å². The molecular weight excluding hydrogens is 551 g/mol. The SMILES string of the molecule is O=C(NC(COCc1ccccc1)CN1CC2CCCN2CC1CO)c1cccnc1Oc1ccc(Cl)cc1Cl. The topological polar surface area (TPSA) is 87.2 Å². The Kier molecular flexibility index (Phi) is 9.91. The molecule has 3 heterocycles. The van der Waals surface area contributed by atoms with Crippen LogP contribution in [0, 0.1) is 0 Å². The third kappa shape index (κ3) is 7.32. The van der Waals surface area contributed by atoms with Crippen LogP contribution in [0.25, 0.3) is 0 Å². The molecule has 2 aliphatic rings.